The number of benzene rings is 4. The zero-order valence-corrected chi connectivity index (χ0v) is 24.2. The lowest BCUT2D eigenvalue weighted by atomic mass is 10.1. The maximum atomic E-state index is 12.1. The lowest BCUT2D eigenvalue weighted by molar-refractivity contribution is 0.473. The van der Waals surface area contributed by atoms with Gasteiger partial charge in [-0.25, -0.2) is 16.8 Å². The van der Waals surface area contributed by atoms with Crippen molar-refractivity contribution < 1.29 is 27.0 Å². The third-order valence-electron chi connectivity index (χ3n) is 6.28. The molecule has 0 unspecified atom stereocenters. The van der Waals surface area contributed by atoms with E-state index in [0.29, 0.717) is 34.4 Å². The summed E-state index contributed by atoms with van der Waals surface area (Å²) in [6.07, 6.45) is 0. The summed E-state index contributed by atoms with van der Waals surface area (Å²) in [7, 11) is -6.83. The topological polar surface area (TPSA) is 170 Å². The standard InChI is InChI=1S/C28H29N5O6S2/c1-4-29-24-15-13-22-21(27(24)33-30-18-7-9-19(10-8-18)40(36,37)5-2)12-16-25(28(22)35)32-31-23-14-11-20(17-26(23)34)41(38,39)6-3/h7-17,29,34-35H,4-6H2,1-3H3/b32-31+,33-30+. The van der Waals surface area contributed by atoms with Crippen molar-refractivity contribution in [1.82, 2.24) is 0 Å². The van der Waals surface area contributed by atoms with Crippen LogP contribution in [-0.2, 0) is 19.7 Å². The Labute approximate surface area is 238 Å². The number of phenolic OH excluding ortho intramolecular Hbond substituents is 2. The fourth-order valence-electron chi connectivity index (χ4n) is 3.93. The second-order valence-corrected chi connectivity index (χ2v) is 13.4. The Morgan fingerprint density at radius 2 is 1.24 bits per heavy atom. The zero-order valence-electron chi connectivity index (χ0n) is 22.6. The summed E-state index contributed by atoms with van der Waals surface area (Å²) in [5, 5.41) is 42.2. The highest BCUT2D eigenvalue weighted by molar-refractivity contribution is 7.91. The summed E-state index contributed by atoms with van der Waals surface area (Å²) in [5.41, 5.74) is 1.74. The first-order valence-corrected chi connectivity index (χ1v) is 16.1. The number of hydrogen-bond donors (Lipinski definition) is 3. The number of sulfone groups is 2. The van der Waals surface area contributed by atoms with Gasteiger partial charge in [-0.05, 0) is 67.6 Å². The van der Waals surface area contributed by atoms with Gasteiger partial charge in [-0.1, -0.05) is 13.8 Å². The van der Waals surface area contributed by atoms with Crippen LogP contribution in [0.4, 0.5) is 28.4 Å². The van der Waals surface area contributed by atoms with Gasteiger partial charge in [0.15, 0.2) is 25.4 Å². The van der Waals surface area contributed by atoms with E-state index in [2.05, 4.69) is 25.8 Å². The normalized spacial score (nSPS) is 12.5. The average molecular weight is 596 g/mol. The van der Waals surface area contributed by atoms with E-state index in [4.69, 9.17) is 0 Å². The molecular weight excluding hydrogens is 566 g/mol. The van der Waals surface area contributed by atoms with Crippen molar-refractivity contribution in [2.24, 2.45) is 20.5 Å². The molecule has 4 aromatic rings. The number of rotatable bonds is 10. The summed E-state index contributed by atoms with van der Waals surface area (Å²) in [5.74, 6) is -0.644. The maximum Gasteiger partial charge on any atom is 0.178 e. The third-order valence-corrected chi connectivity index (χ3v) is 9.77. The van der Waals surface area contributed by atoms with Gasteiger partial charge in [0.05, 0.1) is 32.7 Å². The number of hydrogen-bond acceptors (Lipinski definition) is 11. The van der Waals surface area contributed by atoms with Crippen LogP contribution in [0.15, 0.2) is 97.0 Å². The van der Waals surface area contributed by atoms with Gasteiger partial charge in [0.2, 0.25) is 0 Å². The molecule has 4 rings (SSSR count). The minimum atomic E-state index is -3.50. The molecule has 0 spiro atoms. The van der Waals surface area contributed by atoms with Gasteiger partial charge in [-0.15, -0.1) is 15.3 Å². The number of nitrogens with one attached hydrogen (secondary N) is 1. The molecule has 0 bridgehead atoms. The molecule has 0 heterocycles. The number of anilines is 1. The van der Waals surface area contributed by atoms with Crippen LogP contribution in [0.25, 0.3) is 10.8 Å². The molecule has 214 valence electrons. The Hall–Kier alpha value is -4.36. The Balaban J connectivity index is 1.70. The van der Waals surface area contributed by atoms with Crippen LogP contribution in [0.2, 0.25) is 0 Å². The Bertz CT molecular complexity index is 1870. The monoisotopic (exact) mass is 595 g/mol. The Kier molecular flexibility index (Phi) is 8.69. The van der Waals surface area contributed by atoms with Gasteiger partial charge in [0.1, 0.15) is 22.8 Å². The van der Waals surface area contributed by atoms with E-state index >= 15 is 0 Å². The van der Waals surface area contributed by atoms with Crippen molar-refractivity contribution in [2.75, 3.05) is 23.4 Å². The summed E-state index contributed by atoms with van der Waals surface area (Å²) < 4.78 is 48.3. The zero-order chi connectivity index (χ0) is 29.8. The first-order valence-electron chi connectivity index (χ1n) is 12.7. The molecule has 0 aliphatic heterocycles. The van der Waals surface area contributed by atoms with E-state index in [1.165, 1.54) is 37.3 Å². The molecule has 4 aromatic carbocycles. The molecule has 0 atom stereocenters. The van der Waals surface area contributed by atoms with Crippen LogP contribution < -0.4 is 5.32 Å². The summed E-state index contributed by atoms with van der Waals surface area (Å²) in [6.45, 7) is 5.63. The predicted molar refractivity (Wildman–Crippen MR) is 158 cm³/mol. The highest BCUT2D eigenvalue weighted by atomic mass is 32.2. The van der Waals surface area contributed by atoms with Crippen LogP contribution in [0, 0.1) is 0 Å². The third kappa shape index (κ3) is 6.36. The highest BCUT2D eigenvalue weighted by Gasteiger charge is 2.16. The van der Waals surface area contributed by atoms with Gasteiger partial charge in [0, 0.05) is 23.4 Å². The molecule has 13 heteroatoms. The van der Waals surface area contributed by atoms with Gasteiger partial charge >= 0.3 is 0 Å². The molecule has 0 radical (unpaired) electrons. The molecule has 0 amide bonds. The number of aromatic hydroxyl groups is 2. The van der Waals surface area contributed by atoms with Crippen LogP contribution in [-0.4, -0.2) is 45.1 Å². The molecule has 0 saturated carbocycles. The van der Waals surface area contributed by atoms with Crippen molar-refractivity contribution in [3.63, 3.8) is 0 Å². The lowest BCUT2D eigenvalue weighted by Crippen LogP contribution is -2.02. The van der Waals surface area contributed by atoms with E-state index in [1.54, 1.807) is 37.3 Å². The number of nitrogens with zero attached hydrogens (tertiary/aromatic N) is 4. The number of azo groups is 2. The second-order valence-electron chi connectivity index (χ2n) is 8.87. The summed E-state index contributed by atoms with van der Waals surface area (Å²) in [4.78, 5) is 0.185. The first kappa shape index (κ1) is 29.6. The number of fused-ring (bicyclic) bond motifs is 1. The van der Waals surface area contributed by atoms with Gasteiger partial charge < -0.3 is 15.5 Å². The van der Waals surface area contributed by atoms with Crippen LogP contribution >= 0.6 is 0 Å². The minimum Gasteiger partial charge on any atom is -0.506 e. The quantitative estimate of drug-likeness (QED) is 0.164. The van der Waals surface area contributed by atoms with E-state index in [1.807, 2.05) is 6.92 Å². The van der Waals surface area contributed by atoms with E-state index in [-0.39, 0.29) is 44.2 Å². The fourth-order valence-corrected chi connectivity index (χ4v) is 5.72. The van der Waals surface area contributed by atoms with Gasteiger partial charge in [-0.2, -0.15) is 5.11 Å². The highest BCUT2D eigenvalue weighted by Crippen LogP contribution is 2.43. The molecule has 11 nitrogen and oxygen atoms in total. The first-order chi connectivity index (χ1) is 19.5. The predicted octanol–water partition coefficient (Wildman–Crippen LogP) is 7.10. The largest absolute Gasteiger partial charge is 0.506 e. The van der Waals surface area contributed by atoms with E-state index < -0.39 is 19.7 Å². The molecule has 41 heavy (non-hydrogen) atoms. The van der Waals surface area contributed by atoms with E-state index in [9.17, 15) is 27.0 Å². The minimum absolute atomic E-state index is 0.00229. The molecule has 3 N–H and O–H groups in total. The van der Waals surface area contributed by atoms with Crippen LogP contribution in [0.5, 0.6) is 11.5 Å². The lowest BCUT2D eigenvalue weighted by Gasteiger charge is -2.11. The Morgan fingerprint density at radius 1 is 0.659 bits per heavy atom. The molecular formula is C28H29N5O6S2. The number of phenols is 2. The van der Waals surface area contributed by atoms with Crippen LogP contribution in [0.3, 0.4) is 0 Å². The van der Waals surface area contributed by atoms with Crippen LogP contribution in [0.1, 0.15) is 20.8 Å². The van der Waals surface area contributed by atoms with Gasteiger partial charge in [-0.3, -0.25) is 0 Å². The van der Waals surface area contributed by atoms with Crippen molar-refractivity contribution in [3.8, 4) is 11.5 Å². The van der Waals surface area contributed by atoms with E-state index in [0.717, 1.165) is 6.07 Å². The molecule has 0 aromatic heterocycles. The van der Waals surface area contributed by atoms with Crippen molar-refractivity contribution in [2.45, 2.75) is 30.6 Å². The Morgan fingerprint density at radius 3 is 1.88 bits per heavy atom. The summed E-state index contributed by atoms with van der Waals surface area (Å²) in [6, 6.07) is 16.6. The molecule has 0 fully saturated rings. The fraction of sp³-hybridized carbons (Fsp3) is 0.214. The van der Waals surface area contributed by atoms with Gasteiger partial charge in [0.25, 0.3) is 0 Å². The van der Waals surface area contributed by atoms with Crippen molar-refractivity contribution in [3.05, 3.63) is 66.7 Å². The molecule has 0 saturated heterocycles. The summed E-state index contributed by atoms with van der Waals surface area (Å²) >= 11 is 0. The molecule has 0 aliphatic rings. The average Bonchev–Trinajstić information content (AvgIpc) is 2.97. The van der Waals surface area contributed by atoms with Crippen molar-refractivity contribution >= 4 is 58.9 Å². The SMILES string of the molecule is CCNc1ccc2c(O)c(/N=N/c3ccc(S(=O)(=O)CC)cc3O)ccc2c1/N=N/c1ccc(S(=O)(=O)CC)cc1. The van der Waals surface area contributed by atoms with Crippen molar-refractivity contribution in [1.29, 1.82) is 0 Å². The maximum absolute atomic E-state index is 12.1. The second kappa shape index (κ2) is 12.0. The molecule has 0 aliphatic carbocycles. The smallest absolute Gasteiger partial charge is 0.178 e.